The van der Waals surface area contributed by atoms with Gasteiger partial charge in [-0.05, 0) is 37.3 Å². The first-order chi connectivity index (χ1) is 11.3. The monoisotopic (exact) mass is 319 g/mol. The van der Waals surface area contributed by atoms with Gasteiger partial charge >= 0.3 is 0 Å². The van der Waals surface area contributed by atoms with Crippen molar-refractivity contribution in [2.45, 2.75) is 19.3 Å². The molecule has 6 heteroatoms. The molecule has 2 aliphatic rings. The molecule has 1 aromatic heterocycles. The van der Waals surface area contributed by atoms with Crippen LogP contribution < -0.4 is 10.2 Å². The number of hydrogen-bond donors (Lipinski definition) is 1. The number of nitrogens with one attached hydrogen (secondary N) is 1. The Labute approximate surface area is 137 Å². The van der Waals surface area contributed by atoms with E-state index >= 15 is 0 Å². The Morgan fingerprint density at radius 1 is 1.39 bits per heavy atom. The average Bonchev–Trinajstić information content (AvgIpc) is 3.43. The van der Waals surface area contributed by atoms with Gasteiger partial charge in [0.25, 0.3) is 5.91 Å². The number of rotatable bonds is 8. The molecule has 2 fully saturated rings. The molecule has 0 unspecified atom stereocenters. The van der Waals surface area contributed by atoms with E-state index in [4.69, 9.17) is 9.47 Å². The van der Waals surface area contributed by atoms with Crippen molar-refractivity contribution in [2.75, 3.05) is 51.0 Å². The number of aromatic nitrogens is 1. The topological polar surface area (TPSA) is 63.7 Å². The summed E-state index contributed by atoms with van der Waals surface area (Å²) < 4.78 is 10.9. The van der Waals surface area contributed by atoms with Crippen LogP contribution >= 0.6 is 0 Å². The van der Waals surface area contributed by atoms with Crippen molar-refractivity contribution in [3.05, 3.63) is 23.9 Å². The number of carbonyl (C=O) groups is 1. The fourth-order valence-electron chi connectivity index (χ4n) is 2.61. The first-order valence-corrected chi connectivity index (χ1v) is 8.48. The predicted molar refractivity (Wildman–Crippen MR) is 87.8 cm³/mol. The van der Waals surface area contributed by atoms with E-state index in [1.165, 1.54) is 12.8 Å². The zero-order valence-corrected chi connectivity index (χ0v) is 13.5. The molecule has 1 N–H and O–H groups in total. The van der Waals surface area contributed by atoms with Gasteiger partial charge in [-0.15, -0.1) is 0 Å². The first-order valence-electron chi connectivity index (χ1n) is 8.48. The van der Waals surface area contributed by atoms with Crippen molar-refractivity contribution in [3.8, 4) is 0 Å². The molecule has 1 aromatic rings. The average molecular weight is 319 g/mol. The highest BCUT2D eigenvalue weighted by Gasteiger charge is 2.21. The Morgan fingerprint density at radius 2 is 2.22 bits per heavy atom. The number of pyridine rings is 1. The third kappa shape index (κ3) is 4.91. The molecule has 126 valence electrons. The van der Waals surface area contributed by atoms with Gasteiger partial charge in [0.2, 0.25) is 0 Å². The summed E-state index contributed by atoms with van der Waals surface area (Å²) in [5.41, 5.74) is 0.633. The summed E-state index contributed by atoms with van der Waals surface area (Å²) in [5, 5.41) is 2.97. The maximum Gasteiger partial charge on any atom is 0.255 e. The highest BCUT2D eigenvalue weighted by Crippen LogP contribution is 2.28. The summed E-state index contributed by atoms with van der Waals surface area (Å²) in [4.78, 5) is 18.9. The van der Waals surface area contributed by atoms with Crippen LogP contribution in [0.25, 0.3) is 0 Å². The van der Waals surface area contributed by atoms with Crippen molar-refractivity contribution < 1.29 is 14.3 Å². The van der Waals surface area contributed by atoms with Gasteiger partial charge < -0.3 is 19.7 Å². The molecule has 1 saturated carbocycles. The summed E-state index contributed by atoms with van der Waals surface area (Å²) >= 11 is 0. The Balaban J connectivity index is 1.46. The largest absolute Gasteiger partial charge is 0.381 e. The van der Waals surface area contributed by atoms with E-state index in [1.54, 1.807) is 12.3 Å². The maximum absolute atomic E-state index is 12.4. The van der Waals surface area contributed by atoms with E-state index < -0.39 is 0 Å². The van der Waals surface area contributed by atoms with Gasteiger partial charge in [0.1, 0.15) is 5.82 Å². The van der Waals surface area contributed by atoms with Crippen LogP contribution in [0.4, 0.5) is 5.82 Å². The van der Waals surface area contributed by atoms with Crippen LogP contribution in [0.15, 0.2) is 18.3 Å². The second kappa shape index (κ2) is 8.26. The lowest BCUT2D eigenvalue weighted by molar-refractivity contribution is 0.0935. The fraction of sp³-hybridized carbons (Fsp3) is 0.647. The van der Waals surface area contributed by atoms with Gasteiger partial charge in [-0.2, -0.15) is 0 Å². The maximum atomic E-state index is 12.4. The lowest BCUT2D eigenvalue weighted by Gasteiger charge is -2.29. The Kier molecular flexibility index (Phi) is 5.82. The van der Waals surface area contributed by atoms with Crippen molar-refractivity contribution in [1.29, 1.82) is 0 Å². The van der Waals surface area contributed by atoms with Crippen LogP contribution in [0, 0.1) is 5.92 Å². The Morgan fingerprint density at radius 3 is 3.00 bits per heavy atom. The summed E-state index contributed by atoms with van der Waals surface area (Å²) in [6, 6.07) is 3.63. The molecule has 2 heterocycles. The lowest BCUT2D eigenvalue weighted by atomic mass is 10.2. The molecule has 0 bridgehead atoms. The van der Waals surface area contributed by atoms with E-state index in [1.807, 2.05) is 6.07 Å². The van der Waals surface area contributed by atoms with Crippen LogP contribution in [-0.2, 0) is 9.47 Å². The Bertz CT molecular complexity index is 514. The molecular formula is C17H25N3O3. The van der Waals surface area contributed by atoms with Crippen molar-refractivity contribution in [1.82, 2.24) is 10.3 Å². The summed E-state index contributed by atoms with van der Waals surface area (Å²) in [5.74, 6) is 1.47. The minimum Gasteiger partial charge on any atom is -0.381 e. The van der Waals surface area contributed by atoms with E-state index in [0.29, 0.717) is 31.9 Å². The van der Waals surface area contributed by atoms with Gasteiger partial charge in [-0.3, -0.25) is 4.79 Å². The molecule has 1 amide bonds. The lowest BCUT2D eigenvalue weighted by Crippen LogP contribution is -2.38. The molecule has 0 aromatic carbocycles. The van der Waals surface area contributed by atoms with Crippen molar-refractivity contribution in [3.63, 3.8) is 0 Å². The van der Waals surface area contributed by atoms with Gasteiger partial charge in [-0.25, -0.2) is 4.98 Å². The number of amides is 1. The SMILES string of the molecule is O=C(NCCCOCC1CC1)c1cccnc1N1CCOCC1. The second-order valence-corrected chi connectivity index (χ2v) is 6.10. The van der Waals surface area contributed by atoms with Crippen LogP contribution in [0.5, 0.6) is 0 Å². The fourth-order valence-corrected chi connectivity index (χ4v) is 2.61. The first kappa shape index (κ1) is 16.2. The molecular weight excluding hydrogens is 294 g/mol. The molecule has 0 radical (unpaired) electrons. The zero-order chi connectivity index (χ0) is 15.9. The molecule has 0 atom stereocenters. The van der Waals surface area contributed by atoms with E-state index in [9.17, 15) is 4.79 Å². The third-order valence-corrected chi connectivity index (χ3v) is 4.14. The number of carbonyl (C=O) groups excluding carboxylic acids is 1. The number of morpholine rings is 1. The van der Waals surface area contributed by atoms with Crippen LogP contribution in [-0.4, -0.2) is 57.0 Å². The molecule has 6 nitrogen and oxygen atoms in total. The normalized spacial score (nSPS) is 18.0. The molecule has 1 aliphatic heterocycles. The minimum absolute atomic E-state index is 0.0678. The van der Waals surface area contributed by atoms with Gasteiger partial charge in [0.15, 0.2) is 0 Å². The summed E-state index contributed by atoms with van der Waals surface area (Å²) in [6.07, 6.45) is 5.18. The zero-order valence-electron chi connectivity index (χ0n) is 13.5. The van der Waals surface area contributed by atoms with Crippen molar-refractivity contribution >= 4 is 11.7 Å². The molecule has 1 aliphatic carbocycles. The third-order valence-electron chi connectivity index (χ3n) is 4.14. The second-order valence-electron chi connectivity index (χ2n) is 6.10. The van der Waals surface area contributed by atoms with Gasteiger partial charge in [-0.1, -0.05) is 0 Å². The number of hydrogen-bond acceptors (Lipinski definition) is 5. The van der Waals surface area contributed by atoms with Crippen LogP contribution in [0.2, 0.25) is 0 Å². The van der Waals surface area contributed by atoms with Gasteiger partial charge in [0, 0.05) is 39.0 Å². The predicted octanol–water partition coefficient (Wildman–Crippen LogP) is 1.46. The van der Waals surface area contributed by atoms with Crippen LogP contribution in [0.3, 0.4) is 0 Å². The molecule has 3 rings (SSSR count). The number of ether oxygens (including phenoxy) is 2. The van der Waals surface area contributed by atoms with Crippen LogP contribution in [0.1, 0.15) is 29.6 Å². The van der Waals surface area contributed by atoms with Gasteiger partial charge in [0.05, 0.1) is 18.8 Å². The smallest absolute Gasteiger partial charge is 0.255 e. The quantitative estimate of drug-likeness (QED) is 0.735. The van der Waals surface area contributed by atoms with E-state index in [2.05, 4.69) is 15.2 Å². The highest BCUT2D eigenvalue weighted by atomic mass is 16.5. The van der Waals surface area contributed by atoms with E-state index in [0.717, 1.165) is 37.9 Å². The standard InChI is InChI=1S/C17H25N3O3/c21-17(19-7-2-10-23-13-14-4-5-14)15-3-1-6-18-16(15)20-8-11-22-12-9-20/h1,3,6,14H,2,4-5,7-13H2,(H,19,21). The number of anilines is 1. The Hall–Kier alpha value is -1.66. The molecule has 0 spiro atoms. The highest BCUT2D eigenvalue weighted by molar-refractivity contribution is 5.98. The van der Waals surface area contributed by atoms with Crippen molar-refractivity contribution in [2.24, 2.45) is 5.92 Å². The molecule has 23 heavy (non-hydrogen) atoms. The number of nitrogens with zero attached hydrogens (tertiary/aromatic N) is 2. The summed E-state index contributed by atoms with van der Waals surface area (Å²) in [7, 11) is 0. The summed E-state index contributed by atoms with van der Waals surface area (Å²) in [6.45, 7) is 5.10. The molecule has 1 saturated heterocycles. The minimum atomic E-state index is -0.0678. The van der Waals surface area contributed by atoms with E-state index in [-0.39, 0.29) is 5.91 Å².